The first kappa shape index (κ1) is 37.9. The first-order valence-corrected chi connectivity index (χ1v) is 11.5. The second kappa shape index (κ2) is 14.8. The molecule has 3 N–H and O–H groups in total. The van der Waals surface area contributed by atoms with Gasteiger partial charge in [0.15, 0.2) is 0 Å². The maximum absolute atomic E-state index is 11.7. The van der Waals surface area contributed by atoms with Crippen molar-refractivity contribution in [1.29, 1.82) is 0 Å². The van der Waals surface area contributed by atoms with Crippen molar-refractivity contribution < 1.29 is 132 Å². The number of hydrogen-bond donors (Lipinski definition) is 2. The SMILES string of the molecule is Nc1ccn([C@H]2C[C@H](O)[C@@H](COP(=O)([O-])OP(=O)([O-])OP(=O)([O-])[O-])O2)c(=O)n1.[Li+].[Li+].[Li+].[Li+]. The van der Waals surface area contributed by atoms with Crippen molar-refractivity contribution in [3.05, 3.63) is 22.7 Å². The van der Waals surface area contributed by atoms with E-state index in [0.717, 1.165) is 4.57 Å². The minimum atomic E-state index is -6.10. The van der Waals surface area contributed by atoms with Gasteiger partial charge in [-0.05, 0) is 6.07 Å². The summed E-state index contributed by atoms with van der Waals surface area (Å²) in [7, 11) is -17.9. The zero-order chi connectivity index (χ0) is 21.3. The maximum Gasteiger partial charge on any atom is 1.00 e. The minimum Gasteiger partial charge on any atom is -0.790 e. The molecule has 0 spiro atoms. The van der Waals surface area contributed by atoms with Crippen molar-refractivity contribution in [1.82, 2.24) is 9.55 Å². The summed E-state index contributed by atoms with van der Waals surface area (Å²) in [5.74, 6) is -0.0610. The Bertz CT molecular complexity index is 931. The molecule has 2 rings (SSSR count). The number of ether oxygens (including phenoxy) is 1. The molecular formula is C9H12Li4N3O13P3. The molecule has 32 heavy (non-hydrogen) atoms. The summed E-state index contributed by atoms with van der Waals surface area (Å²) in [6.07, 6.45) is -2.70. The summed E-state index contributed by atoms with van der Waals surface area (Å²) >= 11 is 0. The van der Waals surface area contributed by atoms with Crippen LogP contribution in [0.1, 0.15) is 12.6 Å². The van der Waals surface area contributed by atoms with Crippen LogP contribution in [0.2, 0.25) is 0 Å². The summed E-state index contributed by atoms with van der Waals surface area (Å²) in [6.45, 7) is -0.970. The number of nitrogens with two attached hydrogens (primary N) is 1. The van der Waals surface area contributed by atoms with Crippen molar-refractivity contribution in [2.75, 3.05) is 12.3 Å². The molecular weight excluding hydrogens is 479 g/mol. The molecule has 160 valence electrons. The van der Waals surface area contributed by atoms with Gasteiger partial charge in [0.25, 0.3) is 15.6 Å². The number of phosphoric acid groups is 3. The molecule has 1 fully saturated rings. The molecule has 0 saturated carbocycles. The van der Waals surface area contributed by atoms with Gasteiger partial charge in [-0.25, -0.2) is 9.11 Å². The molecule has 16 nitrogen and oxygen atoms in total. The van der Waals surface area contributed by atoms with E-state index < -0.39 is 54.2 Å². The van der Waals surface area contributed by atoms with Gasteiger partial charge >= 0.3 is 81.1 Å². The van der Waals surface area contributed by atoms with Gasteiger partial charge in [-0.3, -0.25) is 18.0 Å². The van der Waals surface area contributed by atoms with Crippen LogP contribution in [0.25, 0.3) is 0 Å². The standard InChI is InChI=1S/C9H16N3O13P3.4Li/c10-7-1-2-12(9(14)11-7)8-3-5(13)6(23-8)4-22-27(18,19)25-28(20,21)24-26(15,16)17;;;;/h1-2,5-6,8,13H,3-4H2,(H,18,19)(H,20,21)(H2,10,11,14)(H2,15,16,17);;;;/q;4*+1/p-4/t5-,6+,8+;;;;/m0..../s1. The molecule has 1 aromatic rings. The van der Waals surface area contributed by atoms with E-state index in [4.69, 9.17) is 10.5 Å². The van der Waals surface area contributed by atoms with Crippen LogP contribution in [-0.4, -0.2) is 33.5 Å². The van der Waals surface area contributed by atoms with Crippen LogP contribution in [0.15, 0.2) is 17.1 Å². The number of nitrogens with zero attached hydrogens (tertiary/aromatic N) is 2. The fourth-order valence-corrected chi connectivity index (χ4v) is 4.99. The zero-order valence-electron chi connectivity index (χ0n) is 17.5. The number of rotatable bonds is 8. The average Bonchev–Trinajstić information content (AvgIpc) is 2.82. The van der Waals surface area contributed by atoms with Gasteiger partial charge in [0.2, 0.25) is 0 Å². The van der Waals surface area contributed by atoms with Crippen molar-refractivity contribution in [3.63, 3.8) is 0 Å². The molecule has 1 aromatic heterocycles. The third kappa shape index (κ3) is 12.4. The number of anilines is 1. The Morgan fingerprint density at radius 1 is 1.12 bits per heavy atom. The normalized spacial score (nSPS) is 23.8. The summed E-state index contributed by atoms with van der Waals surface area (Å²) in [5, 5.41) is 9.89. The van der Waals surface area contributed by atoms with E-state index >= 15 is 0 Å². The van der Waals surface area contributed by atoms with Gasteiger partial charge in [0, 0.05) is 12.6 Å². The fraction of sp³-hybridized carbons (Fsp3) is 0.556. The van der Waals surface area contributed by atoms with Gasteiger partial charge in [0.05, 0.1) is 20.5 Å². The quantitative estimate of drug-likeness (QED) is 0.253. The van der Waals surface area contributed by atoms with Gasteiger partial charge < -0.3 is 44.2 Å². The Kier molecular flexibility index (Phi) is 17.6. The Balaban J connectivity index is -0.00000210. The predicted molar refractivity (Wildman–Crippen MR) is 78.4 cm³/mol. The van der Waals surface area contributed by atoms with Crippen molar-refractivity contribution in [2.24, 2.45) is 0 Å². The van der Waals surface area contributed by atoms with E-state index in [1.54, 1.807) is 0 Å². The molecule has 0 aliphatic carbocycles. The Morgan fingerprint density at radius 2 is 1.69 bits per heavy atom. The Morgan fingerprint density at radius 3 is 2.19 bits per heavy atom. The van der Waals surface area contributed by atoms with Crippen LogP contribution < -0.4 is 106 Å². The number of aliphatic hydroxyl groups excluding tert-OH is 1. The van der Waals surface area contributed by atoms with E-state index in [2.05, 4.69) is 18.1 Å². The van der Waals surface area contributed by atoms with Crippen LogP contribution in [-0.2, 0) is 31.6 Å². The van der Waals surface area contributed by atoms with E-state index in [1.807, 2.05) is 0 Å². The van der Waals surface area contributed by atoms with E-state index in [-0.39, 0.29) is 87.7 Å². The first-order chi connectivity index (χ1) is 12.7. The first-order valence-electron chi connectivity index (χ1n) is 7.07. The molecule has 23 heteroatoms. The molecule has 2 unspecified atom stereocenters. The van der Waals surface area contributed by atoms with Crippen LogP contribution >= 0.6 is 23.5 Å². The largest absolute Gasteiger partial charge is 1.00 e. The van der Waals surface area contributed by atoms with E-state index in [1.165, 1.54) is 12.3 Å². The third-order valence-corrected chi connectivity index (χ3v) is 6.83. The molecule has 0 bridgehead atoms. The Hall–Kier alpha value is 1.40. The van der Waals surface area contributed by atoms with E-state index in [0.29, 0.717) is 0 Å². The molecule has 0 amide bonds. The number of phosphoric ester groups is 1. The summed E-state index contributed by atoms with van der Waals surface area (Å²) < 4.78 is 49.5. The monoisotopic (exact) mass is 491 g/mol. The third-order valence-electron chi connectivity index (χ3n) is 3.16. The number of aliphatic hydroxyl groups is 1. The molecule has 5 atom stereocenters. The van der Waals surface area contributed by atoms with Crippen LogP contribution in [0.5, 0.6) is 0 Å². The van der Waals surface area contributed by atoms with Gasteiger partial charge in [0.1, 0.15) is 18.1 Å². The van der Waals surface area contributed by atoms with Gasteiger partial charge in [-0.2, -0.15) is 4.98 Å². The summed E-state index contributed by atoms with van der Waals surface area (Å²) in [4.78, 5) is 58.2. The van der Waals surface area contributed by atoms with Crippen LogP contribution in [0.4, 0.5) is 5.82 Å². The van der Waals surface area contributed by atoms with Gasteiger partial charge in [-0.15, -0.1) is 0 Å². The van der Waals surface area contributed by atoms with Crippen LogP contribution in [0.3, 0.4) is 0 Å². The average molecular weight is 491 g/mol. The second-order valence-electron chi connectivity index (χ2n) is 5.28. The minimum absolute atomic E-state index is 0. The molecule has 2 heterocycles. The van der Waals surface area contributed by atoms with Crippen molar-refractivity contribution in [2.45, 2.75) is 24.9 Å². The maximum atomic E-state index is 11.7. The second-order valence-corrected chi connectivity index (χ2v) is 9.52. The number of hydrogen-bond acceptors (Lipinski definition) is 15. The summed E-state index contributed by atoms with van der Waals surface area (Å²) in [6, 6.07) is 1.27. The molecule has 1 aliphatic rings. The predicted octanol–water partition coefficient (Wildman–Crippen LogP) is -15.7. The smallest absolute Gasteiger partial charge is 0.790 e. The van der Waals surface area contributed by atoms with Crippen molar-refractivity contribution >= 4 is 29.3 Å². The molecule has 1 aliphatic heterocycles. The van der Waals surface area contributed by atoms with Crippen molar-refractivity contribution in [3.8, 4) is 0 Å². The topological polar surface area (TPSA) is 262 Å². The van der Waals surface area contributed by atoms with Crippen LogP contribution in [0, 0.1) is 0 Å². The van der Waals surface area contributed by atoms with E-state index in [9.17, 15) is 43.2 Å². The van der Waals surface area contributed by atoms with Gasteiger partial charge in [-0.1, -0.05) is 0 Å². The number of aromatic nitrogens is 2. The number of nitrogen functional groups attached to an aromatic ring is 1. The molecule has 1 saturated heterocycles. The molecule has 0 aromatic carbocycles. The fourth-order valence-electron chi connectivity index (χ4n) is 2.13. The summed E-state index contributed by atoms with van der Waals surface area (Å²) in [5.41, 5.74) is 4.53. The molecule has 0 radical (unpaired) electrons. The zero-order valence-corrected chi connectivity index (χ0v) is 20.1. The Labute approximate surface area is 229 Å².